The zero-order valence-electron chi connectivity index (χ0n) is 15.1. The van der Waals surface area contributed by atoms with Crippen molar-refractivity contribution in [3.63, 3.8) is 0 Å². The number of hydrogen-bond donors (Lipinski definition) is 2. The summed E-state index contributed by atoms with van der Waals surface area (Å²) >= 11 is 0. The van der Waals surface area contributed by atoms with Crippen molar-refractivity contribution in [2.24, 2.45) is 5.92 Å². The van der Waals surface area contributed by atoms with E-state index in [0.29, 0.717) is 5.92 Å². The molecule has 1 aromatic heterocycles. The third-order valence-electron chi connectivity index (χ3n) is 3.17. The summed E-state index contributed by atoms with van der Waals surface area (Å²) in [4.78, 5) is 4.78. The molecule has 0 fully saturated rings. The van der Waals surface area contributed by atoms with Crippen LogP contribution in [0.25, 0.3) is 0 Å². The Morgan fingerprint density at radius 2 is 1.67 bits per heavy atom. The summed E-state index contributed by atoms with van der Waals surface area (Å²) in [5.41, 5.74) is 2.61. The molecular weight excluding hydrogens is 258 g/mol. The Hall–Kier alpha value is -1.09. The molecule has 120 valence electrons. The van der Waals surface area contributed by atoms with E-state index in [1.165, 1.54) is 5.56 Å². The van der Waals surface area contributed by atoms with E-state index in [1.54, 1.807) is 0 Å². The van der Waals surface area contributed by atoms with E-state index in [-0.39, 0.29) is 11.0 Å². The largest absolute Gasteiger partial charge is 0.370 e. The lowest BCUT2D eigenvalue weighted by Gasteiger charge is -2.23. The lowest BCUT2D eigenvalue weighted by molar-refractivity contribution is 0.424. The van der Waals surface area contributed by atoms with Crippen molar-refractivity contribution in [1.82, 2.24) is 10.3 Å². The molecule has 21 heavy (non-hydrogen) atoms. The van der Waals surface area contributed by atoms with E-state index >= 15 is 0 Å². The highest BCUT2D eigenvalue weighted by molar-refractivity contribution is 5.41. The Morgan fingerprint density at radius 1 is 1.05 bits per heavy atom. The maximum absolute atomic E-state index is 4.78. The van der Waals surface area contributed by atoms with Crippen LogP contribution in [0.3, 0.4) is 0 Å². The van der Waals surface area contributed by atoms with Crippen LogP contribution in [0.1, 0.15) is 66.6 Å². The Bertz CT molecular complexity index is 451. The third-order valence-corrected chi connectivity index (χ3v) is 3.17. The molecule has 0 atom stereocenters. The normalized spacial score (nSPS) is 12.8. The molecule has 3 nitrogen and oxygen atoms in total. The molecule has 1 heterocycles. The van der Waals surface area contributed by atoms with Crippen molar-refractivity contribution < 1.29 is 0 Å². The van der Waals surface area contributed by atoms with Gasteiger partial charge < -0.3 is 10.6 Å². The van der Waals surface area contributed by atoms with Crippen LogP contribution in [0, 0.1) is 5.92 Å². The molecule has 0 aliphatic rings. The zero-order valence-corrected chi connectivity index (χ0v) is 15.1. The van der Waals surface area contributed by atoms with E-state index in [4.69, 9.17) is 4.98 Å². The number of pyridine rings is 1. The van der Waals surface area contributed by atoms with E-state index in [0.717, 1.165) is 24.6 Å². The van der Waals surface area contributed by atoms with E-state index < -0.39 is 0 Å². The lowest BCUT2D eigenvalue weighted by Crippen LogP contribution is -2.35. The molecule has 0 unspecified atom stereocenters. The first kappa shape index (κ1) is 18.0. The minimum absolute atomic E-state index is 0.0615. The summed E-state index contributed by atoms with van der Waals surface area (Å²) in [6.07, 6.45) is 0. The molecule has 0 saturated heterocycles. The molecule has 0 amide bonds. The van der Waals surface area contributed by atoms with Crippen LogP contribution in [0.2, 0.25) is 0 Å². The molecule has 0 radical (unpaired) electrons. The zero-order chi connectivity index (χ0) is 16.3. The minimum atomic E-state index is 0.0615. The van der Waals surface area contributed by atoms with Crippen molar-refractivity contribution >= 4 is 5.82 Å². The first-order chi connectivity index (χ1) is 9.47. The van der Waals surface area contributed by atoms with Crippen LogP contribution in [-0.4, -0.2) is 17.1 Å². The average Bonchev–Trinajstić information content (AvgIpc) is 2.32. The summed E-state index contributed by atoms with van der Waals surface area (Å²) in [7, 11) is 0. The predicted molar refractivity (Wildman–Crippen MR) is 92.9 cm³/mol. The molecule has 1 aromatic rings. The van der Waals surface area contributed by atoms with Crippen LogP contribution in [0.5, 0.6) is 0 Å². The van der Waals surface area contributed by atoms with Gasteiger partial charge in [-0.25, -0.2) is 4.98 Å². The quantitative estimate of drug-likeness (QED) is 0.847. The fraction of sp³-hybridized carbons (Fsp3) is 0.722. The Labute approximate surface area is 130 Å². The Kier molecular flexibility index (Phi) is 5.80. The summed E-state index contributed by atoms with van der Waals surface area (Å²) in [6, 6.07) is 4.38. The fourth-order valence-corrected chi connectivity index (χ4v) is 1.84. The second-order valence-electron chi connectivity index (χ2n) is 8.37. The van der Waals surface area contributed by atoms with Gasteiger partial charge in [-0.05, 0) is 44.4 Å². The van der Waals surface area contributed by atoms with Crippen LogP contribution in [-0.2, 0) is 12.0 Å². The maximum atomic E-state index is 4.78. The second kappa shape index (κ2) is 6.78. The third kappa shape index (κ3) is 6.94. The fourth-order valence-electron chi connectivity index (χ4n) is 1.84. The highest BCUT2D eigenvalue weighted by atomic mass is 15.0. The number of nitrogens with zero attached hydrogens (tertiary/aromatic N) is 1. The Balaban J connectivity index is 2.98. The van der Waals surface area contributed by atoms with Crippen molar-refractivity contribution in [3.05, 3.63) is 23.4 Å². The van der Waals surface area contributed by atoms with Crippen LogP contribution >= 0.6 is 0 Å². The molecule has 3 heteroatoms. The SMILES string of the molecule is CC(C)CNc1cc(CNC(C)(C)C)cc(C(C)(C)C)n1. The van der Waals surface area contributed by atoms with Crippen molar-refractivity contribution in [1.29, 1.82) is 0 Å². The summed E-state index contributed by atoms with van der Waals surface area (Å²) < 4.78 is 0. The molecule has 0 aliphatic heterocycles. The minimum Gasteiger partial charge on any atom is -0.370 e. The molecule has 2 N–H and O–H groups in total. The standard InChI is InChI=1S/C18H33N3/c1-13(2)11-19-16-10-14(12-20-18(6,7)8)9-15(21-16)17(3,4)5/h9-10,13,20H,11-12H2,1-8H3,(H,19,21). The highest BCUT2D eigenvalue weighted by Gasteiger charge is 2.18. The van der Waals surface area contributed by atoms with Crippen LogP contribution in [0.4, 0.5) is 5.82 Å². The van der Waals surface area contributed by atoms with Gasteiger partial charge in [-0.2, -0.15) is 0 Å². The van der Waals surface area contributed by atoms with Gasteiger partial charge in [-0.1, -0.05) is 34.6 Å². The van der Waals surface area contributed by atoms with Crippen LogP contribution < -0.4 is 10.6 Å². The van der Waals surface area contributed by atoms with E-state index in [1.807, 2.05) is 0 Å². The van der Waals surface area contributed by atoms with Gasteiger partial charge in [0.2, 0.25) is 0 Å². The Morgan fingerprint density at radius 3 is 2.14 bits per heavy atom. The molecule has 0 saturated carbocycles. The van der Waals surface area contributed by atoms with Gasteiger partial charge in [0, 0.05) is 29.7 Å². The van der Waals surface area contributed by atoms with E-state index in [2.05, 4.69) is 78.2 Å². The van der Waals surface area contributed by atoms with Crippen molar-refractivity contribution in [3.8, 4) is 0 Å². The van der Waals surface area contributed by atoms with Gasteiger partial charge in [0.1, 0.15) is 5.82 Å². The highest BCUT2D eigenvalue weighted by Crippen LogP contribution is 2.23. The van der Waals surface area contributed by atoms with Crippen LogP contribution in [0.15, 0.2) is 12.1 Å². The lowest BCUT2D eigenvalue weighted by atomic mass is 9.90. The number of hydrogen-bond acceptors (Lipinski definition) is 3. The second-order valence-corrected chi connectivity index (χ2v) is 8.37. The number of nitrogens with one attached hydrogen (secondary N) is 2. The van der Waals surface area contributed by atoms with Gasteiger partial charge in [0.05, 0.1) is 0 Å². The summed E-state index contributed by atoms with van der Waals surface area (Å²) in [5.74, 6) is 1.60. The molecule has 1 rings (SSSR count). The average molecular weight is 291 g/mol. The van der Waals surface area contributed by atoms with Gasteiger partial charge in [0.15, 0.2) is 0 Å². The monoisotopic (exact) mass is 291 g/mol. The first-order valence-electron chi connectivity index (χ1n) is 7.98. The number of anilines is 1. The van der Waals surface area contributed by atoms with E-state index in [9.17, 15) is 0 Å². The van der Waals surface area contributed by atoms with Crippen molar-refractivity contribution in [2.45, 2.75) is 72.9 Å². The van der Waals surface area contributed by atoms with Gasteiger partial charge in [-0.3, -0.25) is 0 Å². The molecule has 0 aromatic carbocycles. The first-order valence-corrected chi connectivity index (χ1v) is 7.98. The molecular formula is C18H33N3. The smallest absolute Gasteiger partial charge is 0.126 e. The summed E-state index contributed by atoms with van der Waals surface area (Å²) in [6.45, 7) is 19.4. The molecule has 0 spiro atoms. The molecule has 0 aliphatic carbocycles. The van der Waals surface area contributed by atoms with Gasteiger partial charge in [-0.15, -0.1) is 0 Å². The van der Waals surface area contributed by atoms with Gasteiger partial charge in [0.25, 0.3) is 0 Å². The summed E-state index contributed by atoms with van der Waals surface area (Å²) in [5, 5.41) is 7.01. The van der Waals surface area contributed by atoms with Gasteiger partial charge >= 0.3 is 0 Å². The number of rotatable bonds is 5. The topological polar surface area (TPSA) is 37.0 Å². The number of aromatic nitrogens is 1. The maximum Gasteiger partial charge on any atom is 0.126 e. The van der Waals surface area contributed by atoms with Crippen molar-refractivity contribution in [2.75, 3.05) is 11.9 Å². The molecule has 0 bridgehead atoms. The predicted octanol–water partition coefficient (Wildman–Crippen LogP) is 4.34.